The van der Waals surface area contributed by atoms with Crippen LogP contribution in [0.1, 0.15) is 28.4 Å². The summed E-state index contributed by atoms with van der Waals surface area (Å²) in [7, 11) is 0. The van der Waals surface area contributed by atoms with Crippen molar-refractivity contribution in [3.63, 3.8) is 0 Å². The Morgan fingerprint density at radius 3 is 2.28 bits per heavy atom. The fraction of sp³-hybridized carbons (Fsp3) is 0.160. The average molecular weight is 431 g/mol. The van der Waals surface area contributed by atoms with Crippen molar-refractivity contribution in [2.45, 2.75) is 26.0 Å². The highest BCUT2D eigenvalue weighted by molar-refractivity contribution is 5.99. The number of primary amides is 1. The first-order valence-corrected chi connectivity index (χ1v) is 10.1. The smallest absolute Gasteiger partial charge is 0.252 e. The number of benzene rings is 3. The number of nitrogens with one attached hydrogen (secondary N) is 2. The van der Waals surface area contributed by atoms with Gasteiger partial charge in [0.2, 0.25) is 11.8 Å². The molecule has 0 aromatic heterocycles. The van der Waals surface area contributed by atoms with Gasteiger partial charge in [0.25, 0.3) is 5.91 Å². The molecule has 0 saturated heterocycles. The predicted octanol–water partition coefficient (Wildman–Crippen LogP) is 3.05. The number of anilines is 1. The van der Waals surface area contributed by atoms with Gasteiger partial charge < -0.3 is 21.1 Å². The zero-order valence-electron chi connectivity index (χ0n) is 17.7. The van der Waals surface area contributed by atoms with E-state index >= 15 is 0 Å². The first-order chi connectivity index (χ1) is 15.4. The van der Waals surface area contributed by atoms with Crippen LogP contribution in [0.25, 0.3) is 0 Å². The summed E-state index contributed by atoms with van der Waals surface area (Å²) in [5.41, 5.74) is 8.21. The molecule has 0 spiro atoms. The van der Waals surface area contributed by atoms with E-state index < -0.39 is 17.9 Å². The average Bonchev–Trinajstić information content (AvgIpc) is 2.78. The minimum absolute atomic E-state index is 0.241. The molecular weight excluding hydrogens is 406 g/mol. The molecule has 0 bridgehead atoms. The van der Waals surface area contributed by atoms with Crippen LogP contribution in [0.5, 0.6) is 5.75 Å². The van der Waals surface area contributed by atoms with Crippen molar-refractivity contribution >= 4 is 23.4 Å². The van der Waals surface area contributed by atoms with E-state index in [9.17, 15) is 14.4 Å². The number of nitrogens with two attached hydrogens (primary N) is 1. The van der Waals surface area contributed by atoms with E-state index in [1.807, 2.05) is 54.6 Å². The van der Waals surface area contributed by atoms with Crippen molar-refractivity contribution < 1.29 is 19.1 Å². The molecule has 3 aromatic rings. The molecule has 164 valence electrons. The first-order valence-electron chi connectivity index (χ1n) is 10.1. The Labute approximate surface area is 186 Å². The monoisotopic (exact) mass is 431 g/mol. The highest BCUT2D eigenvalue weighted by Gasteiger charge is 2.20. The molecule has 3 amide bonds. The fourth-order valence-corrected chi connectivity index (χ4v) is 3.10. The SMILES string of the molecule is CC(=O)Nc1cccc(C(=O)N[C@@H](Cc2ccc(OCc3ccccc3)cc2)C(N)=O)c1. The Bertz CT molecular complexity index is 1080. The molecule has 7 heteroatoms. The van der Waals surface area contributed by atoms with Gasteiger partial charge in [-0.15, -0.1) is 0 Å². The molecule has 3 aromatic carbocycles. The lowest BCUT2D eigenvalue weighted by atomic mass is 10.0. The van der Waals surface area contributed by atoms with E-state index in [1.165, 1.54) is 13.0 Å². The van der Waals surface area contributed by atoms with Gasteiger partial charge in [0.05, 0.1) is 0 Å². The molecule has 0 aliphatic carbocycles. The summed E-state index contributed by atoms with van der Waals surface area (Å²) in [5.74, 6) is -0.634. The van der Waals surface area contributed by atoms with Crippen LogP contribution in [0, 0.1) is 0 Å². The number of hydrogen-bond acceptors (Lipinski definition) is 4. The summed E-state index contributed by atoms with van der Waals surface area (Å²) >= 11 is 0. The topological polar surface area (TPSA) is 111 Å². The van der Waals surface area contributed by atoms with Crippen molar-refractivity contribution in [1.29, 1.82) is 0 Å². The van der Waals surface area contributed by atoms with Gasteiger partial charge in [-0.1, -0.05) is 48.5 Å². The van der Waals surface area contributed by atoms with E-state index in [2.05, 4.69) is 10.6 Å². The van der Waals surface area contributed by atoms with Gasteiger partial charge in [-0.2, -0.15) is 0 Å². The minimum Gasteiger partial charge on any atom is -0.489 e. The Kier molecular flexibility index (Phi) is 7.59. The summed E-state index contributed by atoms with van der Waals surface area (Å²) in [5, 5.41) is 5.29. The molecule has 0 radical (unpaired) electrons. The van der Waals surface area contributed by atoms with Gasteiger partial charge in [0.15, 0.2) is 0 Å². The molecule has 7 nitrogen and oxygen atoms in total. The lowest BCUT2D eigenvalue weighted by Crippen LogP contribution is -2.45. The Morgan fingerprint density at radius 1 is 0.906 bits per heavy atom. The summed E-state index contributed by atoms with van der Waals surface area (Å²) in [6, 6.07) is 22.7. The van der Waals surface area contributed by atoms with Crippen molar-refractivity contribution in [3.8, 4) is 5.75 Å². The quantitative estimate of drug-likeness (QED) is 0.484. The molecule has 0 aliphatic heterocycles. The maximum Gasteiger partial charge on any atom is 0.252 e. The first kappa shape index (κ1) is 22.6. The van der Waals surface area contributed by atoms with Gasteiger partial charge in [0, 0.05) is 24.6 Å². The van der Waals surface area contributed by atoms with Crippen molar-refractivity contribution in [3.05, 3.63) is 95.6 Å². The largest absolute Gasteiger partial charge is 0.489 e. The van der Waals surface area contributed by atoms with Crippen LogP contribution < -0.4 is 21.1 Å². The Morgan fingerprint density at radius 2 is 1.62 bits per heavy atom. The van der Waals surface area contributed by atoms with Gasteiger partial charge in [-0.3, -0.25) is 14.4 Å². The molecule has 0 heterocycles. The zero-order valence-corrected chi connectivity index (χ0v) is 17.7. The van der Waals surface area contributed by atoms with Crippen molar-refractivity contribution in [2.75, 3.05) is 5.32 Å². The number of carbonyl (C=O) groups is 3. The van der Waals surface area contributed by atoms with Crippen LogP contribution in [-0.2, 0) is 22.6 Å². The highest BCUT2D eigenvalue weighted by Crippen LogP contribution is 2.16. The second-order valence-corrected chi connectivity index (χ2v) is 7.31. The molecule has 3 rings (SSSR count). The van der Waals surface area contributed by atoms with E-state index in [0.29, 0.717) is 23.6 Å². The third kappa shape index (κ3) is 6.70. The van der Waals surface area contributed by atoms with E-state index in [1.54, 1.807) is 18.2 Å². The maximum atomic E-state index is 12.6. The lowest BCUT2D eigenvalue weighted by molar-refractivity contribution is -0.119. The maximum absolute atomic E-state index is 12.6. The summed E-state index contributed by atoms with van der Waals surface area (Å²) in [6.07, 6.45) is 0.241. The molecule has 1 atom stereocenters. The molecular formula is C25H25N3O4. The summed E-state index contributed by atoms with van der Waals surface area (Å²) in [4.78, 5) is 35.8. The number of ether oxygens (including phenoxy) is 1. The van der Waals surface area contributed by atoms with E-state index in [-0.39, 0.29) is 12.3 Å². The number of rotatable bonds is 9. The zero-order chi connectivity index (χ0) is 22.9. The molecule has 0 unspecified atom stereocenters. The van der Waals surface area contributed by atoms with Gasteiger partial charge in [0.1, 0.15) is 18.4 Å². The molecule has 4 N–H and O–H groups in total. The van der Waals surface area contributed by atoms with E-state index in [0.717, 1.165) is 11.1 Å². The Hall–Kier alpha value is -4.13. The van der Waals surface area contributed by atoms with Gasteiger partial charge in [-0.05, 0) is 41.5 Å². The standard InChI is InChI=1S/C25H25N3O4/c1-17(29)27-21-9-5-8-20(15-21)25(31)28-23(24(26)30)14-18-10-12-22(13-11-18)32-16-19-6-3-2-4-7-19/h2-13,15,23H,14,16H2,1H3,(H2,26,30)(H,27,29)(H,28,31)/t23-/m0/s1. The van der Waals surface area contributed by atoms with Crippen LogP contribution in [0.15, 0.2) is 78.9 Å². The van der Waals surface area contributed by atoms with Crippen molar-refractivity contribution in [2.24, 2.45) is 5.73 Å². The van der Waals surface area contributed by atoms with Crippen LogP contribution in [0.4, 0.5) is 5.69 Å². The minimum atomic E-state index is -0.886. The normalized spacial score (nSPS) is 11.3. The van der Waals surface area contributed by atoms with Gasteiger partial charge >= 0.3 is 0 Å². The lowest BCUT2D eigenvalue weighted by Gasteiger charge is -2.16. The molecule has 0 fully saturated rings. The van der Waals surface area contributed by atoms with Gasteiger partial charge in [-0.25, -0.2) is 0 Å². The number of hydrogen-bond donors (Lipinski definition) is 3. The second-order valence-electron chi connectivity index (χ2n) is 7.31. The van der Waals surface area contributed by atoms with Crippen LogP contribution >= 0.6 is 0 Å². The van der Waals surface area contributed by atoms with Crippen molar-refractivity contribution in [1.82, 2.24) is 5.32 Å². The van der Waals surface area contributed by atoms with E-state index in [4.69, 9.17) is 10.5 Å². The predicted molar refractivity (Wildman–Crippen MR) is 122 cm³/mol. The highest BCUT2D eigenvalue weighted by atomic mass is 16.5. The van der Waals surface area contributed by atoms with Crippen LogP contribution in [0.2, 0.25) is 0 Å². The molecule has 0 aliphatic rings. The third-order valence-corrected chi connectivity index (χ3v) is 4.71. The summed E-state index contributed by atoms with van der Waals surface area (Å²) in [6.45, 7) is 1.84. The second kappa shape index (κ2) is 10.8. The number of carbonyl (C=O) groups excluding carboxylic acids is 3. The number of amides is 3. The Balaban J connectivity index is 1.60. The summed E-state index contributed by atoms with van der Waals surface area (Å²) < 4.78 is 5.77. The van der Waals surface area contributed by atoms with Crippen LogP contribution in [0.3, 0.4) is 0 Å². The molecule has 0 saturated carbocycles. The third-order valence-electron chi connectivity index (χ3n) is 4.71. The fourth-order valence-electron chi connectivity index (χ4n) is 3.10. The van der Waals surface area contributed by atoms with Crippen LogP contribution in [-0.4, -0.2) is 23.8 Å². The molecule has 32 heavy (non-hydrogen) atoms.